The van der Waals surface area contributed by atoms with Gasteiger partial charge in [0.15, 0.2) is 0 Å². The van der Waals surface area contributed by atoms with Crippen molar-refractivity contribution in [2.45, 2.75) is 31.8 Å². The van der Waals surface area contributed by atoms with Gasteiger partial charge >= 0.3 is 0 Å². The first kappa shape index (κ1) is 13.5. The molecule has 0 saturated carbocycles. The molecule has 0 radical (unpaired) electrons. The van der Waals surface area contributed by atoms with Crippen LogP contribution < -0.4 is 0 Å². The molecule has 0 N–H and O–H groups in total. The third-order valence-corrected chi connectivity index (χ3v) is 4.90. The van der Waals surface area contributed by atoms with Crippen LogP contribution >= 0.6 is 15.9 Å². The number of benzene rings is 1. The van der Waals surface area contributed by atoms with Crippen molar-refractivity contribution in [2.24, 2.45) is 0 Å². The van der Waals surface area contributed by atoms with E-state index >= 15 is 0 Å². The summed E-state index contributed by atoms with van der Waals surface area (Å²) < 4.78 is 13.8. The Labute approximate surface area is 122 Å². The third kappa shape index (κ3) is 3.18. The number of nitrogens with zero attached hydrogens (tertiary/aromatic N) is 2. The molecule has 2 nitrogen and oxygen atoms in total. The first-order valence-corrected chi connectivity index (χ1v) is 7.92. The minimum Gasteiger partial charge on any atom is -0.299 e. The van der Waals surface area contributed by atoms with Crippen molar-refractivity contribution >= 4 is 15.9 Å². The minimum atomic E-state index is -0.180. The quantitative estimate of drug-likeness (QED) is 0.841. The highest BCUT2D eigenvalue weighted by atomic mass is 79.9. The summed E-state index contributed by atoms with van der Waals surface area (Å²) in [5, 5.41) is 0. The van der Waals surface area contributed by atoms with Gasteiger partial charge in [0.1, 0.15) is 5.82 Å². The highest BCUT2D eigenvalue weighted by Crippen LogP contribution is 2.23. The van der Waals surface area contributed by atoms with Crippen LogP contribution in [0.4, 0.5) is 4.39 Å². The van der Waals surface area contributed by atoms with Crippen molar-refractivity contribution in [1.29, 1.82) is 0 Å². The van der Waals surface area contributed by atoms with E-state index in [0.717, 1.165) is 25.7 Å². The first-order chi connectivity index (χ1) is 9.22. The van der Waals surface area contributed by atoms with Crippen LogP contribution in [0.15, 0.2) is 22.7 Å². The molecular formula is C15H20BrFN2. The molecule has 0 aliphatic carbocycles. The molecule has 104 valence electrons. The predicted octanol–water partition coefficient (Wildman–Crippen LogP) is 3.26. The normalized spacial score (nSPS) is 25.3. The van der Waals surface area contributed by atoms with Crippen LogP contribution in [0, 0.1) is 5.82 Å². The van der Waals surface area contributed by atoms with Crippen LogP contribution in [0.1, 0.15) is 24.8 Å². The van der Waals surface area contributed by atoms with Gasteiger partial charge in [-0.25, -0.2) is 4.39 Å². The van der Waals surface area contributed by atoms with Crippen LogP contribution in [-0.2, 0) is 6.54 Å². The monoisotopic (exact) mass is 326 g/mol. The van der Waals surface area contributed by atoms with E-state index in [9.17, 15) is 4.39 Å². The van der Waals surface area contributed by atoms with Crippen LogP contribution in [0.5, 0.6) is 0 Å². The van der Waals surface area contributed by atoms with E-state index in [1.54, 1.807) is 6.07 Å². The summed E-state index contributed by atoms with van der Waals surface area (Å²) in [6.07, 6.45) is 4.01. The molecule has 0 bridgehead atoms. The second kappa shape index (κ2) is 5.90. The lowest BCUT2D eigenvalue weighted by Gasteiger charge is -2.23. The molecule has 19 heavy (non-hydrogen) atoms. The topological polar surface area (TPSA) is 6.48 Å². The van der Waals surface area contributed by atoms with Crippen LogP contribution in [0.25, 0.3) is 0 Å². The van der Waals surface area contributed by atoms with Gasteiger partial charge in [0, 0.05) is 25.7 Å². The maximum atomic E-state index is 13.2. The molecule has 4 heteroatoms. The zero-order valence-corrected chi connectivity index (χ0v) is 12.7. The van der Waals surface area contributed by atoms with Gasteiger partial charge in [-0.05, 0) is 66.0 Å². The van der Waals surface area contributed by atoms with Gasteiger partial charge in [0.25, 0.3) is 0 Å². The zero-order valence-electron chi connectivity index (χ0n) is 11.1. The highest BCUT2D eigenvalue weighted by Gasteiger charge is 2.28. The summed E-state index contributed by atoms with van der Waals surface area (Å²) in [5.41, 5.74) is 1.19. The van der Waals surface area contributed by atoms with Gasteiger partial charge in [-0.1, -0.05) is 6.07 Å². The molecule has 2 fully saturated rings. The lowest BCUT2D eigenvalue weighted by molar-refractivity contribution is 0.230. The average molecular weight is 327 g/mol. The molecule has 3 rings (SSSR count). The highest BCUT2D eigenvalue weighted by molar-refractivity contribution is 9.10. The lowest BCUT2D eigenvalue weighted by Crippen LogP contribution is -2.35. The molecule has 0 spiro atoms. The fourth-order valence-electron chi connectivity index (χ4n) is 3.26. The van der Waals surface area contributed by atoms with E-state index in [1.165, 1.54) is 37.9 Å². The van der Waals surface area contributed by atoms with E-state index < -0.39 is 0 Å². The van der Waals surface area contributed by atoms with Crippen LogP contribution in [0.2, 0.25) is 0 Å². The van der Waals surface area contributed by atoms with Crippen LogP contribution in [-0.4, -0.2) is 42.0 Å². The van der Waals surface area contributed by atoms with E-state index in [0.29, 0.717) is 4.47 Å². The summed E-state index contributed by atoms with van der Waals surface area (Å²) in [6, 6.07) is 6.08. The average Bonchev–Trinajstić information content (AvgIpc) is 3.04. The molecule has 1 atom stereocenters. The molecule has 0 amide bonds. The number of hydrogen-bond acceptors (Lipinski definition) is 2. The van der Waals surface area contributed by atoms with E-state index in [-0.39, 0.29) is 5.82 Å². The van der Waals surface area contributed by atoms with E-state index in [1.807, 2.05) is 12.1 Å². The Kier molecular flexibility index (Phi) is 4.20. The summed E-state index contributed by atoms with van der Waals surface area (Å²) in [4.78, 5) is 5.13. The molecule has 1 aromatic rings. The van der Waals surface area contributed by atoms with E-state index in [2.05, 4.69) is 25.7 Å². The largest absolute Gasteiger partial charge is 0.299 e. The Bertz CT molecular complexity index is 446. The number of rotatable bonds is 3. The Morgan fingerprint density at radius 1 is 1.21 bits per heavy atom. The van der Waals surface area contributed by atoms with Gasteiger partial charge in [-0.2, -0.15) is 0 Å². The Morgan fingerprint density at radius 2 is 2.00 bits per heavy atom. The zero-order chi connectivity index (χ0) is 13.2. The van der Waals surface area contributed by atoms with Gasteiger partial charge < -0.3 is 0 Å². The maximum absolute atomic E-state index is 13.2. The van der Waals surface area contributed by atoms with Crippen molar-refractivity contribution < 1.29 is 4.39 Å². The lowest BCUT2D eigenvalue weighted by atomic mass is 10.2. The van der Waals surface area contributed by atoms with Crippen molar-refractivity contribution in [1.82, 2.24) is 9.80 Å². The van der Waals surface area contributed by atoms with Gasteiger partial charge in [0.05, 0.1) is 4.47 Å². The van der Waals surface area contributed by atoms with E-state index in [4.69, 9.17) is 0 Å². The summed E-state index contributed by atoms with van der Waals surface area (Å²) in [6.45, 7) is 5.82. The Balaban J connectivity index is 1.57. The van der Waals surface area contributed by atoms with Gasteiger partial charge in [0.2, 0.25) is 0 Å². The molecule has 1 aromatic carbocycles. The van der Waals surface area contributed by atoms with Gasteiger partial charge in [-0.15, -0.1) is 0 Å². The Hall–Kier alpha value is -0.450. The Morgan fingerprint density at radius 3 is 2.74 bits per heavy atom. The summed E-state index contributed by atoms with van der Waals surface area (Å²) >= 11 is 3.26. The number of halogens is 2. The number of likely N-dealkylation sites (tertiary alicyclic amines) is 2. The maximum Gasteiger partial charge on any atom is 0.137 e. The fraction of sp³-hybridized carbons (Fsp3) is 0.600. The number of hydrogen-bond donors (Lipinski definition) is 0. The van der Waals surface area contributed by atoms with Crippen molar-refractivity contribution in [3.8, 4) is 0 Å². The summed E-state index contributed by atoms with van der Waals surface area (Å²) in [5.74, 6) is -0.180. The first-order valence-electron chi connectivity index (χ1n) is 7.13. The molecule has 2 aliphatic rings. The van der Waals surface area contributed by atoms with Crippen LogP contribution in [0.3, 0.4) is 0 Å². The second-order valence-corrected chi connectivity index (χ2v) is 6.52. The van der Waals surface area contributed by atoms with Crippen molar-refractivity contribution in [3.63, 3.8) is 0 Å². The predicted molar refractivity (Wildman–Crippen MR) is 78.6 cm³/mol. The molecule has 2 heterocycles. The molecular weight excluding hydrogens is 307 g/mol. The van der Waals surface area contributed by atoms with Crippen molar-refractivity contribution in [3.05, 3.63) is 34.1 Å². The summed E-state index contributed by atoms with van der Waals surface area (Å²) in [7, 11) is 0. The fourth-order valence-corrected chi connectivity index (χ4v) is 3.68. The molecule has 1 unspecified atom stereocenters. The molecule has 2 saturated heterocycles. The molecule has 2 aliphatic heterocycles. The SMILES string of the molecule is Fc1ccc(CN2CCC(N3CCCC3)C2)cc1Br. The smallest absolute Gasteiger partial charge is 0.137 e. The standard InChI is InChI=1S/C15H20BrFN2/c16-14-9-12(3-4-15(14)17)10-18-8-5-13(11-18)19-6-1-2-7-19/h3-4,9,13H,1-2,5-8,10-11H2. The van der Waals surface area contributed by atoms with Crippen molar-refractivity contribution in [2.75, 3.05) is 26.2 Å². The molecule has 0 aromatic heterocycles. The van der Waals surface area contributed by atoms with Gasteiger partial charge in [-0.3, -0.25) is 9.80 Å². The second-order valence-electron chi connectivity index (χ2n) is 5.67. The minimum absolute atomic E-state index is 0.180. The third-order valence-electron chi connectivity index (χ3n) is 4.29.